The zero-order chi connectivity index (χ0) is 17.8. The van der Waals surface area contributed by atoms with Gasteiger partial charge < -0.3 is 15.2 Å². The lowest BCUT2D eigenvalue weighted by atomic mass is 9.87. The molecule has 4 nitrogen and oxygen atoms in total. The van der Waals surface area contributed by atoms with Crippen LogP contribution in [0.5, 0.6) is 5.75 Å². The Morgan fingerprint density at radius 1 is 1.44 bits per heavy atom. The molecule has 1 atom stereocenters. The summed E-state index contributed by atoms with van der Waals surface area (Å²) in [5.41, 5.74) is 2.12. The maximum Gasteiger partial charge on any atom is 0.334 e. The van der Waals surface area contributed by atoms with Crippen molar-refractivity contribution < 1.29 is 14.6 Å². The Balaban J connectivity index is 2.09. The van der Waals surface area contributed by atoms with Crippen LogP contribution in [0.25, 0.3) is 0 Å². The number of benzene rings is 1. The van der Waals surface area contributed by atoms with Crippen molar-refractivity contribution in [2.45, 2.75) is 11.8 Å². The van der Waals surface area contributed by atoms with Crippen molar-refractivity contribution >= 4 is 17.7 Å². The van der Waals surface area contributed by atoms with E-state index in [2.05, 4.69) is 11.9 Å². The highest BCUT2D eigenvalue weighted by atomic mass is 32.2. The van der Waals surface area contributed by atoms with E-state index in [1.165, 1.54) is 0 Å². The number of rotatable bonds is 4. The minimum atomic E-state index is -0.936. The van der Waals surface area contributed by atoms with Crippen molar-refractivity contribution in [1.82, 2.24) is 5.32 Å². The highest BCUT2D eigenvalue weighted by Crippen LogP contribution is 2.47. The standard InChI is InChI=1S/C20H19NO3S/c1-3-5-8-13(4-2)18-14(20(22)23)11-21-15-12-24-16-9-6-7-10-17(16)25-19(15)18/h3-11,18,21H,1,12H2,2H3,(H,22,23)/b8-5-,13-4+. The maximum atomic E-state index is 11.8. The van der Waals surface area contributed by atoms with E-state index in [9.17, 15) is 9.90 Å². The van der Waals surface area contributed by atoms with E-state index >= 15 is 0 Å². The average molecular weight is 353 g/mol. The van der Waals surface area contributed by atoms with Gasteiger partial charge in [-0.1, -0.05) is 54.8 Å². The molecule has 1 aromatic carbocycles. The van der Waals surface area contributed by atoms with E-state index in [1.807, 2.05) is 49.4 Å². The lowest BCUT2D eigenvalue weighted by molar-refractivity contribution is -0.133. The van der Waals surface area contributed by atoms with Crippen LogP contribution in [0, 0.1) is 5.92 Å². The summed E-state index contributed by atoms with van der Waals surface area (Å²) in [6.07, 6.45) is 8.92. The van der Waals surface area contributed by atoms with Crippen LogP contribution in [0.3, 0.4) is 0 Å². The average Bonchev–Trinajstić information content (AvgIpc) is 2.81. The fraction of sp³-hybridized carbons (Fsp3) is 0.150. The summed E-state index contributed by atoms with van der Waals surface area (Å²) in [7, 11) is 0. The number of allylic oxidation sites excluding steroid dienone is 6. The zero-order valence-electron chi connectivity index (χ0n) is 13.9. The molecule has 0 saturated carbocycles. The summed E-state index contributed by atoms with van der Waals surface area (Å²) in [4.78, 5) is 13.8. The molecule has 1 aromatic rings. The fourth-order valence-corrected chi connectivity index (χ4v) is 4.08. The van der Waals surface area contributed by atoms with Gasteiger partial charge in [0.15, 0.2) is 0 Å². The van der Waals surface area contributed by atoms with Crippen molar-refractivity contribution in [2.75, 3.05) is 6.61 Å². The molecule has 0 aliphatic carbocycles. The molecular weight excluding hydrogens is 334 g/mol. The molecule has 25 heavy (non-hydrogen) atoms. The van der Waals surface area contributed by atoms with E-state index in [4.69, 9.17) is 4.74 Å². The number of fused-ring (bicyclic) bond motifs is 1. The molecule has 0 amide bonds. The number of hydrogen-bond acceptors (Lipinski definition) is 4. The Bertz CT molecular complexity index is 833. The lowest BCUT2D eigenvalue weighted by Gasteiger charge is -2.28. The summed E-state index contributed by atoms with van der Waals surface area (Å²) >= 11 is 1.56. The van der Waals surface area contributed by atoms with Gasteiger partial charge in [0.2, 0.25) is 0 Å². The van der Waals surface area contributed by atoms with Crippen LogP contribution in [0.15, 0.2) is 88.0 Å². The summed E-state index contributed by atoms with van der Waals surface area (Å²) in [6.45, 7) is 5.99. The first-order valence-corrected chi connectivity index (χ1v) is 8.75. The summed E-state index contributed by atoms with van der Waals surface area (Å²) < 4.78 is 5.88. The Labute approximate surface area is 151 Å². The van der Waals surface area contributed by atoms with Gasteiger partial charge in [0.25, 0.3) is 0 Å². The van der Waals surface area contributed by atoms with Gasteiger partial charge in [-0.15, -0.1) is 0 Å². The molecule has 0 saturated heterocycles. The third kappa shape index (κ3) is 3.42. The van der Waals surface area contributed by atoms with E-state index in [-0.39, 0.29) is 5.92 Å². The van der Waals surface area contributed by atoms with Gasteiger partial charge in [-0.3, -0.25) is 0 Å². The number of carbonyl (C=O) groups is 1. The molecule has 0 bridgehead atoms. The van der Waals surface area contributed by atoms with Gasteiger partial charge in [-0.2, -0.15) is 0 Å². The molecule has 2 aliphatic heterocycles. The number of carboxylic acids is 1. The first-order chi connectivity index (χ1) is 12.2. The molecular formula is C20H19NO3S. The SMILES string of the molecule is C=C/C=C\C(=C/C)C1C(C(=O)O)=CNC2=C1Sc1ccccc1OC2. The molecule has 0 spiro atoms. The van der Waals surface area contributed by atoms with Crippen LogP contribution in [0.1, 0.15) is 6.92 Å². The highest BCUT2D eigenvalue weighted by molar-refractivity contribution is 8.03. The van der Waals surface area contributed by atoms with Crippen LogP contribution < -0.4 is 10.1 Å². The normalized spacial score (nSPS) is 20.0. The van der Waals surface area contributed by atoms with Crippen molar-refractivity contribution in [3.05, 3.63) is 83.1 Å². The minimum absolute atomic E-state index is 0.312. The Hall–Kier alpha value is -2.66. The maximum absolute atomic E-state index is 11.8. The van der Waals surface area contributed by atoms with Crippen molar-refractivity contribution in [1.29, 1.82) is 0 Å². The van der Waals surface area contributed by atoms with Crippen molar-refractivity contribution in [3.8, 4) is 5.75 Å². The number of ether oxygens (including phenoxy) is 1. The first kappa shape index (κ1) is 17.2. The first-order valence-electron chi connectivity index (χ1n) is 7.93. The van der Waals surface area contributed by atoms with Crippen LogP contribution in [0.2, 0.25) is 0 Å². The molecule has 0 radical (unpaired) electrons. The van der Waals surface area contributed by atoms with Gasteiger partial charge in [0.1, 0.15) is 12.4 Å². The van der Waals surface area contributed by atoms with Crippen LogP contribution >= 0.6 is 11.8 Å². The van der Waals surface area contributed by atoms with Gasteiger partial charge in [-0.25, -0.2) is 4.79 Å². The molecule has 2 N–H and O–H groups in total. The molecule has 2 heterocycles. The number of para-hydroxylation sites is 1. The smallest absolute Gasteiger partial charge is 0.334 e. The number of aliphatic carboxylic acids is 1. The Morgan fingerprint density at radius 3 is 2.96 bits per heavy atom. The molecule has 0 fully saturated rings. The Morgan fingerprint density at radius 2 is 2.24 bits per heavy atom. The molecule has 5 heteroatoms. The van der Waals surface area contributed by atoms with Crippen LogP contribution in [0.4, 0.5) is 0 Å². The zero-order valence-corrected chi connectivity index (χ0v) is 14.7. The highest BCUT2D eigenvalue weighted by Gasteiger charge is 2.34. The van der Waals surface area contributed by atoms with Gasteiger partial charge in [-0.05, 0) is 24.6 Å². The summed E-state index contributed by atoms with van der Waals surface area (Å²) in [5.74, 6) is -0.479. The monoisotopic (exact) mass is 353 g/mol. The topological polar surface area (TPSA) is 58.6 Å². The number of dihydropyridines is 1. The summed E-state index contributed by atoms with van der Waals surface area (Å²) in [5, 5.41) is 12.8. The van der Waals surface area contributed by atoms with Gasteiger partial charge in [0.05, 0.1) is 22.1 Å². The van der Waals surface area contributed by atoms with E-state index in [0.29, 0.717) is 12.2 Å². The third-order valence-corrected chi connectivity index (χ3v) is 5.31. The van der Waals surface area contributed by atoms with Crippen LogP contribution in [-0.4, -0.2) is 17.7 Å². The molecule has 128 valence electrons. The predicted octanol–water partition coefficient (Wildman–Crippen LogP) is 4.26. The minimum Gasteiger partial charge on any atom is -0.486 e. The number of nitrogens with one attached hydrogen (secondary N) is 1. The van der Waals surface area contributed by atoms with Crippen LogP contribution in [-0.2, 0) is 4.79 Å². The second-order valence-corrected chi connectivity index (χ2v) is 6.63. The lowest BCUT2D eigenvalue weighted by Crippen LogP contribution is -2.28. The van der Waals surface area contributed by atoms with E-state index in [0.717, 1.165) is 26.8 Å². The van der Waals surface area contributed by atoms with Gasteiger partial charge >= 0.3 is 5.97 Å². The summed E-state index contributed by atoms with van der Waals surface area (Å²) in [6, 6.07) is 7.80. The number of carboxylic acid groups (broad SMARTS) is 1. The van der Waals surface area contributed by atoms with Crippen molar-refractivity contribution in [3.63, 3.8) is 0 Å². The molecule has 3 rings (SSSR count). The fourth-order valence-electron chi connectivity index (χ4n) is 2.84. The number of thioether (sulfide) groups is 1. The third-order valence-electron chi connectivity index (χ3n) is 4.05. The molecule has 0 aromatic heterocycles. The number of hydrogen-bond donors (Lipinski definition) is 2. The quantitative estimate of drug-likeness (QED) is 0.792. The molecule has 2 aliphatic rings. The Kier molecular flexibility index (Phi) is 5.14. The van der Waals surface area contributed by atoms with Gasteiger partial charge in [0, 0.05) is 11.1 Å². The van der Waals surface area contributed by atoms with E-state index in [1.54, 1.807) is 24.0 Å². The second kappa shape index (κ2) is 7.49. The molecule has 1 unspecified atom stereocenters. The van der Waals surface area contributed by atoms with E-state index < -0.39 is 5.97 Å². The second-order valence-electron chi connectivity index (χ2n) is 5.55. The van der Waals surface area contributed by atoms with Crippen molar-refractivity contribution in [2.24, 2.45) is 5.92 Å². The largest absolute Gasteiger partial charge is 0.486 e. The predicted molar refractivity (Wildman–Crippen MR) is 100 cm³/mol.